The Bertz CT molecular complexity index is 706. The molecule has 0 spiro atoms. The lowest BCUT2D eigenvalue weighted by molar-refractivity contribution is -0.0602. The maximum atomic E-state index is 12.6. The molecule has 7 heteroatoms. The SMILES string of the molecule is O=C(c1cocn1)N1CC[C@H]2OCC[C@@]2(COCc2ccncc2)C1. The second kappa shape index (κ2) is 6.93. The third-order valence-electron chi connectivity index (χ3n) is 5.12. The van der Waals surface area contributed by atoms with Crippen LogP contribution in [0.2, 0.25) is 0 Å². The van der Waals surface area contributed by atoms with E-state index in [4.69, 9.17) is 13.9 Å². The van der Waals surface area contributed by atoms with E-state index in [0.29, 0.717) is 32.0 Å². The van der Waals surface area contributed by atoms with E-state index in [1.807, 2.05) is 17.0 Å². The summed E-state index contributed by atoms with van der Waals surface area (Å²) in [6.45, 7) is 3.12. The molecule has 2 aromatic rings. The summed E-state index contributed by atoms with van der Waals surface area (Å²) in [6.07, 6.45) is 8.07. The standard InChI is InChI=1S/C18H21N3O4/c22-17(15-10-24-13-20-15)21-7-3-16-18(11-21,4-8-25-16)12-23-9-14-1-5-19-6-2-14/h1-2,5-6,10,13,16H,3-4,7-9,11-12H2/t16-,18+/m1/s1. The first-order chi connectivity index (χ1) is 12.3. The van der Waals surface area contributed by atoms with Gasteiger partial charge >= 0.3 is 0 Å². The van der Waals surface area contributed by atoms with Crippen molar-refractivity contribution in [3.05, 3.63) is 48.4 Å². The molecule has 132 valence electrons. The molecule has 0 radical (unpaired) electrons. The summed E-state index contributed by atoms with van der Waals surface area (Å²) in [7, 11) is 0. The molecular weight excluding hydrogens is 322 g/mol. The Morgan fingerprint density at radius 3 is 3.08 bits per heavy atom. The molecule has 25 heavy (non-hydrogen) atoms. The molecule has 2 aliphatic heterocycles. The maximum Gasteiger partial charge on any atom is 0.275 e. The smallest absolute Gasteiger partial charge is 0.275 e. The van der Waals surface area contributed by atoms with Gasteiger partial charge in [-0.2, -0.15) is 0 Å². The summed E-state index contributed by atoms with van der Waals surface area (Å²) >= 11 is 0. The normalized spacial score (nSPS) is 25.8. The van der Waals surface area contributed by atoms with Gasteiger partial charge in [-0.3, -0.25) is 9.78 Å². The topological polar surface area (TPSA) is 77.7 Å². The van der Waals surface area contributed by atoms with E-state index in [1.165, 1.54) is 12.7 Å². The van der Waals surface area contributed by atoms with Gasteiger partial charge in [0.15, 0.2) is 12.1 Å². The van der Waals surface area contributed by atoms with E-state index in [1.54, 1.807) is 12.4 Å². The molecule has 0 N–H and O–H groups in total. The fourth-order valence-electron chi connectivity index (χ4n) is 3.76. The molecule has 4 rings (SSSR count). The predicted molar refractivity (Wildman–Crippen MR) is 87.7 cm³/mol. The van der Waals surface area contributed by atoms with Crippen LogP contribution >= 0.6 is 0 Å². The summed E-state index contributed by atoms with van der Waals surface area (Å²) < 4.78 is 16.9. The number of rotatable bonds is 5. The molecule has 0 aromatic carbocycles. The van der Waals surface area contributed by atoms with Crippen LogP contribution in [0, 0.1) is 5.41 Å². The Kier molecular flexibility index (Phi) is 4.50. The molecule has 2 fully saturated rings. The number of carbonyl (C=O) groups excluding carboxylic acids is 1. The van der Waals surface area contributed by atoms with E-state index < -0.39 is 0 Å². The number of hydrogen-bond acceptors (Lipinski definition) is 6. The lowest BCUT2D eigenvalue weighted by Crippen LogP contribution is -2.53. The fourth-order valence-corrected chi connectivity index (χ4v) is 3.76. The molecule has 4 heterocycles. The van der Waals surface area contributed by atoms with Crippen molar-refractivity contribution >= 4 is 5.91 Å². The van der Waals surface area contributed by atoms with Gasteiger partial charge in [0, 0.05) is 37.5 Å². The zero-order chi connectivity index (χ0) is 17.1. The number of nitrogens with zero attached hydrogens (tertiary/aromatic N) is 3. The van der Waals surface area contributed by atoms with Crippen molar-refractivity contribution in [1.82, 2.24) is 14.9 Å². The van der Waals surface area contributed by atoms with Gasteiger partial charge in [-0.15, -0.1) is 0 Å². The van der Waals surface area contributed by atoms with Crippen LogP contribution in [-0.2, 0) is 16.1 Å². The molecule has 0 aliphatic carbocycles. The van der Waals surface area contributed by atoms with Crippen LogP contribution in [0.1, 0.15) is 28.9 Å². The van der Waals surface area contributed by atoms with Crippen LogP contribution in [0.15, 0.2) is 41.6 Å². The maximum absolute atomic E-state index is 12.6. The van der Waals surface area contributed by atoms with Crippen LogP contribution in [0.3, 0.4) is 0 Å². The summed E-state index contributed by atoms with van der Waals surface area (Å²) in [4.78, 5) is 22.4. The Balaban J connectivity index is 1.43. The number of ether oxygens (including phenoxy) is 2. The average molecular weight is 343 g/mol. The number of oxazole rings is 1. The molecule has 2 saturated heterocycles. The first-order valence-corrected chi connectivity index (χ1v) is 8.53. The Hall–Kier alpha value is -2.25. The largest absolute Gasteiger partial charge is 0.451 e. The number of hydrogen-bond donors (Lipinski definition) is 0. The van der Waals surface area contributed by atoms with Gasteiger partial charge in [-0.1, -0.05) is 0 Å². The molecule has 0 unspecified atom stereocenters. The van der Waals surface area contributed by atoms with Crippen molar-refractivity contribution in [2.45, 2.75) is 25.6 Å². The number of piperidine rings is 1. The number of likely N-dealkylation sites (tertiary alicyclic amines) is 1. The van der Waals surface area contributed by atoms with E-state index in [-0.39, 0.29) is 17.4 Å². The molecular formula is C18H21N3O4. The summed E-state index contributed by atoms with van der Waals surface area (Å²) in [5.74, 6) is -0.0902. The van der Waals surface area contributed by atoms with E-state index in [0.717, 1.165) is 25.0 Å². The second-order valence-corrected chi connectivity index (χ2v) is 6.71. The third kappa shape index (κ3) is 3.29. The molecule has 2 aromatic heterocycles. The molecule has 7 nitrogen and oxygen atoms in total. The van der Waals surface area contributed by atoms with Crippen LogP contribution in [0.25, 0.3) is 0 Å². The van der Waals surface area contributed by atoms with Gasteiger partial charge in [0.1, 0.15) is 6.26 Å². The predicted octanol–water partition coefficient (Wildman–Crippen LogP) is 1.91. The third-order valence-corrected chi connectivity index (χ3v) is 5.12. The lowest BCUT2D eigenvalue weighted by Gasteiger charge is -2.43. The summed E-state index contributed by atoms with van der Waals surface area (Å²) in [6, 6.07) is 3.89. The van der Waals surface area contributed by atoms with Gasteiger partial charge in [0.25, 0.3) is 5.91 Å². The number of aromatic nitrogens is 2. The quantitative estimate of drug-likeness (QED) is 0.825. The Morgan fingerprint density at radius 1 is 1.40 bits per heavy atom. The Morgan fingerprint density at radius 2 is 2.28 bits per heavy atom. The zero-order valence-electron chi connectivity index (χ0n) is 14.0. The van der Waals surface area contributed by atoms with E-state index in [9.17, 15) is 4.79 Å². The molecule has 2 atom stereocenters. The fraction of sp³-hybridized carbons (Fsp3) is 0.500. The molecule has 2 aliphatic rings. The number of fused-ring (bicyclic) bond motifs is 1. The minimum absolute atomic E-state index is 0.0902. The van der Waals surface area contributed by atoms with Gasteiger partial charge in [-0.05, 0) is 30.5 Å². The summed E-state index contributed by atoms with van der Waals surface area (Å²) in [5.41, 5.74) is 1.29. The van der Waals surface area contributed by atoms with Crippen molar-refractivity contribution in [3.8, 4) is 0 Å². The highest BCUT2D eigenvalue weighted by atomic mass is 16.5. The first-order valence-electron chi connectivity index (χ1n) is 8.53. The van der Waals surface area contributed by atoms with Crippen molar-refractivity contribution < 1.29 is 18.7 Å². The molecule has 0 saturated carbocycles. The van der Waals surface area contributed by atoms with Crippen molar-refractivity contribution in [2.75, 3.05) is 26.3 Å². The van der Waals surface area contributed by atoms with Crippen LogP contribution in [0.4, 0.5) is 0 Å². The lowest BCUT2D eigenvalue weighted by atomic mass is 9.77. The number of amides is 1. The molecule has 0 bridgehead atoms. The van der Waals surface area contributed by atoms with Gasteiger partial charge in [0.2, 0.25) is 0 Å². The highest BCUT2D eigenvalue weighted by Crippen LogP contribution is 2.41. The highest BCUT2D eigenvalue weighted by molar-refractivity contribution is 5.92. The second-order valence-electron chi connectivity index (χ2n) is 6.71. The van der Waals surface area contributed by atoms with Crippen LogP contribution in [-0.4, -0.2) is 53.2 Å². The first kappa shape index (κ1) is 16.2. The average Bonchev–Trinajstić information content (AvgIpc) is 3.31. The van der Waals surface area contributed by atoms with Crippen molar-refractivity contribution in [1.29, 1.82) is 0 Å². The van der Waals surface area contributed by atoms with Crippen LogP contribution in [0.5, 0.6) is 0 Å². The van der Waals surface area contributed by atoms with Gasteiger partial charge < -0.3 is 18.8 Å². The minimum Gasteiger partial charge on any atom is -0.451 e. The monoisotopic (exact) mass is 343 g/mol. The van der Waals surface area contributed by atoms with Crippen molar-refractivity contribution in [3.63, 3.8) is 0 Å². The van der Waals surface area contributed by atoms with Crippen molar-refractivity contribution in [2.24, 2.45) is 5.41 Å². The van der Waals surface area contributed by atoms with E-state index in [2.05, 4.69) is 9.97 Å². The highest BCUT2D eigenvalue weighted by Gasteiger charge is 2.49. The Labute approximate surface area is 146 Å². The summed E-state index contributed by atoms with van der Waals surface area (Å²) in [5, 5.41) is 0. The van der Waals surface area contributed by atoms with Crippen LogP contribution < -0.4 is 0 Å². The van der Waals surface area contributed by atoms with Gasteiger partial charge in [-0.25, -0.2) is 4.98 Å². The van der Waals surface area contributed by atoms with Gasteiger partial charge in [0.05, 0.1) is 19.3 Å². The number of carbonyl (C=O) groups is 1. The van der Waals surface area contributed by atoms with E-state index >= 15 is 0 Å². The minimum atomic E-state index is -0.148. The molecule has 1 amide bonds. The zero-order valence-corrected chi connectivity index (χ0v) is 14.0. The number of pyridine rings is 1.